The first-order valence-electron chi connectivity index (χ1n) is 15.7. The van der Waals surface area contributed by atoms with Crippen molar-refractivity contribution in [2.45, 2.75) is 79.9 Å². The first kappa shape index (κ1) is 35.6. The number of amides is 4. The van der Waals surface area contributed by atoms with Gasteiger partial charge in [-0.3, -0.25) is 29.1 Å². The Kier molecular flexibility index (Phi) is 12.5. The molecule has 4 rings (SSSR count). The number of nitrogens with two attached hydrogens (primary N) is 1. The van der Waals surface area contributed by atoms with Gasteiger partial charge in [0.1, 0.15) is 11.7 Å². The van der Waals surface area contributed by atoms with Crippen LogP contribution < -0.4 is 21.7 Å². The van der Waals surface area contributed by atoms with E-state index in [-0.39, 0.29) is 29.8 Å². The van der Waals surface area contributed by atoms with E-state index in [0.29, 0.717) is 13.0 Å². The molecule has 0 spiro atoms. The molecule has 1 saturated heterocycles. The van der Waals surface area contributed by atoms with E-state index in [4.69, 9.17) is 5.73 Å². The van der Waals surface area contributed by atoms with Gasteiger partial charge in [0.15, 0.2) is 0 Å². The molecule has 2 heterocycles. The van der Waals surface area contributed by atoms with Crippen LogP contribution >= 0.6 is 11.8 Å². The lowest BCUT2D eigenvalue weighted by atomic mass is 9.99. The number of likely N-dealkylation sites (tertiary alicyclic amines) is 1. The highest BCUT2D eigenvalue weighted by Gasteiger charge is 2.40. The van der Waals surface area contributed by atoms with Crippen molar-refractivity contribution in [3.8, 4) is 0 Å². The predicted molar refractivity (Wildman–Crippen MR) is 181 cm³/mol. The highest BCUT2D eigenvalue weighted by molar-refractivity contribution is 8.00. The molecule has 5 atom stereocenters. The maximum absolute atomic E-state index is 13.6. The number of primary amides is 1. The normalized spacial score (nSPS) is 18.5. The first-order valence-corrected chi connectivity index (χ1v) is 16.6. The van der Waals surface area contributed by atoms with Crippen molar-refractivity contribution in [3.63, 3.8) is 0 Å². The summed E-state index contributed by atoms with van der Waals surface area (Å²) in [5, 5.41) is 20.3. The Morgan fingerprint density at radius 1 is 0.979 bits per heavy atom. The van der Waals surface area contributed by atoms with Crippen molar-refractivity contribution in [3.05, 3.63) is 96.3 Å². The van der Waals surface area contributed by atoms with Gasteiger partial charge in [0.05, 0.1) is 24.6 Å². The fraction of sp³-hybridized carbons (Fsp3) is 0.400. The van der Waals surface area contributed by atoms with Crippen LogP contribution in [0.15, 0.2) is 90.0 Å². The highest BCUT2D eigenvalue weighted by Crippen LogP contribution is 2.33. The summed E-state index contributed by atoms with van der Waals surface area (Å²) in [6.07, 6.45) is 0.744. The molecule has 6 N–H and O–H groups in total. The maximum Gasteiger partial charge on any atom is 0.270 e. The van der Waals surface area contributed by atoms with Gasteiger partial charge in [0.2, 0.25) is 17.7 Å². The Labute approximate surface area is 280 Å². The largest absolute Gasteiger partial charge is 0.390 e. The minimum atomic E-state index is -1.30. The van der Waals surface area contributed by atoms with Gasteiger partial charge in [0, 0.05) is 35.0 Å². The molecule has 11 nitrogen and oxygen atoms in total. The van der Waals surface area contributed by atoms with Crippen LogP contribution in [0.4, 0.5) is 0 Å². The first-order chi connectivity index (χ1) is 22.4. The maximum atomic E-state index is 13.6. The second kappa shape index (κ2) is 16.5. The summed E-state index contributed by atoms with van der Waals surface area (Å²) in [5.41, 5.74) is 5.94. The van der Waals surface area contributed by atoms with Crippen LogP contribution in [0.2, 0.25) is 0 Å². The highest BCUT2D eigenvalue weighted by atomic mass is 32.2. The molecule has 0 radical (unpaired) electrons. The van der Waals surface area contributed by atoms with Crippen LogP contribution in [0.3, 0.4) is 0 Å². The topological polar surface area (TPSA) is 167 Å². The van der Waals surface area contributed by atoms with Crippen LogP contribution in [0, 0.1) is 0 Å². The van der Waals surface area contributed by atoms with Gasteiger partial charge < -0.3 is 26.8 Å². The molecule has 0 unspecified atom stereocenters. The quantitative estimate of drug-likeness (QED) is 0.176. The van der Waals surface area contributed by atoms with Crippen molar-refractivity contribution >= 4 is 35.4 Å². The van der Waals surface area contributed by atoms with Crippen molar-refractivity contribution in [2.75, 3.05) is 13.1 Å². The summed E-state index contributed by atoms with van der Waals surface area (Å²) in [4.78, 5) is 59.0. The molecule has 2 aromatic carbocycles. The van der Waals surface area contributed by atoms with Crippen molar-refractivity contribution in [1.82, 2.24) is 25.8 Å². The fourth-order valence-electron chi connectivity index (χ4n) is 5.51. The van der Waals surface area contributed by atoms with Crippen LogP contribution in [0.1, 0.15) is 49.7 Å². The average molecular weight is 661 g/mol. The van der Waals surface area contributed by atoms with Gasteiger partial charge in [0.25, 0.3) is 5.91 Å². The van der Waals surface area contributed by atoms with E-state index < -0.39 is 53.9 Å². The third-order valence-corrected chi connectivity index (χ3v) is 8.87. The van der Waals surface area contributed by atoms with E-state index in [0.717, 1.165) is 10.5 Å². The van der Waals surface area contributed by atoms with E-state index >= 15 is 0 Å². The Hall–Kier alpha value is -4.26. The van der Waals surface area contributed by atoms with E-state index in [1.807, 2.05) is 86.3 Å². The van der Waals surface area contributed by atoms with E-state index in [2.05, 4.69) is 20.9 Å². The number of rotatable bonds is 14. The Morgan fingerprint density at radius 3 is 2.26 bits per heavy atom. The van der Waals surface area contributed by atoms with E-state index in [1.165, 1.54) is 12.3 Å². The molecule has 1 aliphatic heterocycles. The summed E-state index contributed by atoms with van der Waals surface area (Å²) >= 11 is 1.69. The fourth-order valence-corrected chi connectivity index (χ4v) is 6.75. The monoisotopic (exact) mass is 660 g/mol. The summed E-state index contributed by atoms with van der Waals surface area (Å²) in [6.45, 7) is 6.43. The third kappa shape index (κ3) is 11.2. The molecule has 1 aliphatic rings. The van der Waals surface area contributed by atoms with Crippen molar-refractivity contribution in [2.24, 2.45) is 5.73 Å². The smallest absolute Gasteiger partial charge is 0.270 e. The molecule has 4 amide bonds. The number of carbonyl (C=O) groups excluding carboxylic acids is 4. The lowest BCUT2D eigenvalue weighted by Gasteiger charge is -2.32. The number of aromatic nitrogens is 1. The van der Waals surface area contributed by atoms with E-state index in [1.54, 1.807) is 23.9 Å². The molecular formula is C35H44N6O5S. The van der Waals surface area contributed by atoms with Crippen molar-refractivity contribution < 1.29 is 24.3 Å². The molecule has 0 saturated carbocycles. The summed E-state index contributed by atoms with van der Waals surface area (Å²) in [6, 6.07) is 21.5. The zero-order valence-corrected chi connectivity index (χ0v) is 27.8. The number of hydrogen-bond acceptors (Lipinski definition) is 8. The number of β-amino-alcohol motifs (C(OH)–C–C–N with tert-alkyl or cyclic N) is 1. The number of hydrogen-bond donors (Lipinski definition) is 5. The van der Waals surface area contributed by atoms with Gasteiger partial charge in [-0.2, -0.15) is 0 Å². The van der Waals surface area contributed by atoms with Crippen molar-refractivity contribution in [1.29, 1.82) is 0 Å². The number of carbonyl (C=O) groups is 4. The summed E-state index contributed by atoms with van der Waals surface area (Å²) < 4.78 is 0. The lowest BCUT2D eigenvalue weighted by molar-refractivity contribution is -0.129. The number of aliphatic hydroxyl groups is 1. The molecule has 1 aromatic heterocycles. The number of thioether (sulfide) groups is 1. The molecule has 250 valence electrons. The zero-order valence-electron chi connectivity index (χ0n) is 27.0. The van der Waals surface area contributed by atoms with Crippen LogP contribution in [0.5, 0.6) is 0 Å². The Bertz CT molecular complexity index is 1490. The number of benzene rings is 2. The van der Waals surface area contributed by atoms with Gasteiger partial charge >= 0.3 is 0 Å². The predicted octanol–water partition coefficient (Wildman–Crippen LogP) is 2.29. The molecule has 12 heteroatoms. The zero-order chi connectivity index (χ0) is 34.0. The van der Waals surface area contributed by atoms with E-state index in [9.17, 15) is 24.3 Å². The molecule has 3 aromatic rings. The summed E-state index contributed by atoms with van der Waals surface area (Å²) in [5.74, 6) is -2.21. The number of pyridine rings is 1. The number of nitrogens with zero attached hydrogens (tertiary/aromatic N) is 2. The minimum Gasteiger partial charge on any atom is -0.390 e. The third-order valence-electron chi connectivity index (χ3n) is 7.65. The number of aliphatic hydroxyl groups excluding tert-OH is 1. The van der Waals surface area contributed by atoms with Gasteiger partial charge in [-0.25, -0.2) is 0 Å². The summed E-state index contributed by atoms with van der Waals surface area (Å²) in [7, 11) is 0. The Morgan fingerprint density at radius 2 is 1.64 bits per heavy atom. The van der Waals surface area contributed by atoms with Gasteiger partial charge in [-0.15, -0.1) is 11.8 Å². The lowest BCUT2D eigenvalue weighted by Crippen LogP contribution is -2.57. The second-order valence-electron chi connectivity index (χ2n) is 12.8. The van der Waals surface area contributed by atoms with Gasteiger partial charge in [-0.05, 0) is 63.4 Å². The van der Waals surface area contributed by atoms with Crippen LogP contribution in [-0.4, -0.2) is 86.7 Å². The second-order valence-corrected chi connectivity index (χ2v) is 14.2. The standard InChI is InChI=1S/C35H44N6O5S/c1-35(2,3)40-34(46)29-19-25(47-24-14-8-5-9-15-24)21-41(29)22-30(42)27(18-23-12-6-4-7-13-23)38-33(45)28(20-31(36)43)39-32(44)26-16-10-11-17-37-26/h4-17,25,27-30,42H,18-22H2,1-3H3,(H2,36,43)(H,38,45)(H,39,44)(H,40,46)/t25-,27+,28+,29+,30-/m1/s1. The average Bonchev–Trinajstić information content (AvgIpc) is 3.42. The SMILES string of the molecule is CC(C)(C)NC(=O)[C@@H]1C[C@@H](Sc2ccccc2)CN1C[C@@H](O)[C@H](Cc1ccccc1)NC(=O)[C@H](CC(N)=O)NC(=O)c1ccccn1. The van der Waals surface area contributed by atoms with Crippen LogP contribution in [-0.2, 0) is 20.8 Å². The minimum absolute atomic E-state index is 0.0761. The van der Waals surface area contributed by atoms with Gasteiger partial charge in [-0.1, -0.05) is 54.6 Å². The van der Waals surface area contributed by atoms with Crippen LogP contribution in [0.25, 0.3) is 0 Å². The number of nitrogens with one attached hydrogen (secondary N) is 3. The molecule has 0 aliphatic carbocycles. The molecule has 47 heavy (non-hydrogen) atoms. The molecule has 1 fully saturated rings. The molecule has 0 bridgehead atoms. The molecular weight excluding hydrogens is 616 g/mol. The Balaban J connectivity index is 1.54.